The summed E-state index contributed by atoms with van der Waals surface area (Å²) in [6.45, 7) is 2.21. The molecule has 0 unspecified atom stereocenters. The molecule has 8 nitrogen and oxygen atoms in total. The van der Waals surface area contributed by atoms with Crippen LogP contribution in [0.3, 0.4) is 0 Å². The Kier molecular flexibility index (Phi) is 4.83. The first-order valence-electron chi connectivity index (χ1n) is 9.15. The first-order valence-corrected chi connectivity index (χ1v) is 9.97. The second kappa shape index (κ2) is 7.32. The lowest BCUT2D eigenvalue weighted by molar-refractivity contribution is -0.386. The number of nitro benzene ring substituents is 1. The van der Waals surface area contributed by atoms with Gasteiger partial charge in [0.05, 0.1) is 17.4 Å². The number of thiophene rings is 1. The van der Waals surface area contributed by atoms with Crippen LogP contribution in [0.25, 0.3) is 22.4 Å². The fourth-order valence-electron chi connectivity index (χ4n) is 3.62. The molecule has 0 radical (unpaired) electrons. The van der Waals surface area contributed by atoms with Crippen LogP contribution in [0.4, 0.5) is 5.69 Å². The van der Waals surface area contributed by atoms with Crippen LogP contribution in [-0.2, 0) is 12.8 Å². The van der Waals surface area contributed by atoms with Crippen molar-refractivity contribution in [3.05, 3.63) is 54.4 Å². The zero-order valence-corrected chi connectivity index (χ0v) is 16.7. The van der Waals surface area contributed by atoms with Crippen LogP contribution in [0.5, 0.6) is 11.5 Å². The number of nitro groups is 1. The van der Waals surface area contributed by atoms with Crippen LogP contribution >= 0.6 is 11.3 Å². The number of benzene rings is 1. The summed E-state index contributed by atoms with van der Waals surface area (Å²) >= 11 is 1.56. The van der Waals surface area contributed by atoms with Gasteiger partial charge in [0.1, 0.15) is 10.7 Å². The molecule has 1 aliphatic rings. The summed E-state index contributed by atoms with van der Waals surface area (Å²) in [5.41, 5.74) is 0.927. The number of ether oxygens (including phenoxy) is 1. The molecule has 0 saturated carbocycles. The molecule has 2 aromatic heterocycles. The molecule has 0 bridgehead atoms. The molecular formula is C20H19N3O5S. The fourth-order valence-corrected chi connectivity index (χ4v) is 5.01. The summed E-state index contributed by atoms with van der Waals surface area (Å²) in [6, 6.07) is 2.71. The van der Waals surface area contributed by atoms with Crippen LogP contribution in [0.1, 0.15) is 35.2 Å². The van der Waals surface area contributed by atoms with Gasteiger partial charge in [0.25, 0.3) is 5.56 Å². The smallest absolute Gasteiger partial charge is 0.315 e. The van der Waals surface area contributed by atoms with Gasteiger partial charge in [-0.1, -0.05) is 13.0 Å². The number of H-pyrrole nitrogens is 1. The maximum atomic E-state index is 12.6. The van der Waals surface area contributed by atoms with E-state index in [4.69, 9.17) is 4.74 Å². The summed E-state index contributed by atoms with van der Waals surface area (Å²) in [6.07, 6.45) is 6.10. The molecule has 150 valence electrons. The third-order valence-electron chi connectivity index (χ3n) is 5.11. The van der Waals surface area contributed by atoms with E-state index in [1.165, 1.54) is 24.1 Å². The first kappa shape index (κ1) is 19.1. The van der Waals surface area contributed by atoms with Gasteiger partial charge in [-0.05, 0) is 48.4 Å². The average Bonchev–Trinajstić information content (AvgIpc) is 3.04. The molecule has 29 heavy (non-hydrogen) atoms. The number of aromatic hydroxyl groups is 1. The number of methoxy groups -OCH3 is 1. The van der Waals surface area contributed by atoms with E-state index in [0.717, 1.165) is 24.8 Å². The van der Waals surface area contributed by atoms with Crippen molar-refractivity contribution in [1.82, 2.24) is 9.97 Å². The maximum Gasteiger partial charge on any atom is 0.315 e. The summed E-state index contributed by atoms with van der Waals surface area (Å²) < 4.78 is 5.00. The quantitative estimate of drug-likeness (QED) is 0.495. The van der Waals surface area contributed by atoms with E-state index in [0.29, 0.717) is 27.5 Å². The Bertz CT molecular complexity index is 1210. The van der Waals surface area contributed by atoms with Gasteiger partial charge in [0, 0.05) is 10.9 Å². The van der Waals surface area contributed by atoms with Crippen molar-refractivity contribution in [3.63, 3.8) is 0 Å². The fraction of sp³-hybridized carbons (Fsp3) is 0.300. The molecule has 0 aliphatic heterocycles. The number of phenols is 1. The van der Waals surface area contributed by atoms with Crippen molar-refractivity contribution in [1.29, 1.82) is 0 Å². The van der Waals surface area contributed by atoms with Gasteiger partial charge in [-0.2, -0.15) is 0 Å². The summed E-state index contributed by atoms with van der Waals surface area (Å²) in [4.78, 5) is 32.4. The number of hydrogen-bond donors (Lipinski definition) is 2. The molecule has 2 N–H and O–H groups in total. The number of phenolic OH excluding ortho intramolecular Hbond substituents is 1. The Morgan fingerprint density at radius 2 is 2.21 bits per heavy atom. The third kappa shape index (κ3) is 3.49. The van der Waals surface area contributed by atoms with Crippen molar-refractivity contribution >= 4 is 39.4 Å². The van der Waals surface area contributed by atoms with Crippen LogP contribution in [0.15, 0.2) is 16.9 Å². The molecule has 1 aromatic carbocycles. The van der Waals surface area contributed by atoms with Crippen LogP contribution < -0.4 is 10.3 Å². The molecule has 9 heteroatoms. The second-order valence-corrected chi connectivity index (χ2v) is 8.25. The van der Waals surface area contributed by atoms with E-state index in [9.17, 15) is 20.0 Å². The minimum absolute atomic E-state index is 0.00388. The standard InChI is InChI=1S/C20H19N3O5S/c1-10-3-5-12-15(7-10)29-20-17(12)19(25)21-16(22-20)6-4-11-8-13(23(26)27)18(24)14(9-11)28-2/h4,6,8-10,24H,3,5,7H2,1-2H3,(H,21,22,25)/b6-4+/t10-/m0/s1. The van der Waals surface area contributed by atoms with Crippen molar-refractivity contribution in [3.8, 4) is 11.5 Å². The number of aromatic nitrogens is 2. The van der Waals surface area contributed by atoms with Gasteiger partial charge in [-0.3, -0.25) is 14.9 Å². The summed E-state index contributed by atoms with van der Waals surface area (Å²) in [7, 11) is 1.32. The third-order valence-corrected chi connectivity index (χ3v) is 6.26. The highest BCUT2D eigenvalue weighted by Gasteiger charge is 2.23. The predicted octanol–water partition coefficient (Wildman–Crippen LogP) is 3.90. The number of hydrogen-bond acceptors (Lipinski definition) is 7. The topological polar surface area (TPSA) is 118 Å². The van der Waals surface area contributed by atoms with E-state index < -0.39 is 16.4 Å². The molecule has 0 fully saturated rings. The lowest BCUT2D eigenvalue weighted by atomic mass is 9.89. The van der Waals surface area contributed by atoms with Gasteiger partial charge in [-0.25, -0.2) is 4.98 Å². The van der Waals surface area contributed by atoms with Crippen LogP contribution in [0, 0.1) is 16.0 Å². The number of fused-ring (bicyclic) bond motifs is 3. The van der Waals surface area contributed by atoms with Crippen molar-refractivity contribution in [2.75, 3.05) is 7.11 Å². The Balaban J connectivity index is 1.73. The molecule has 0 spiro atoms. The Morgan fingerprint density at radius 1 is 1.41 bits per heavy atom. The lowest BCUT2D eigenvalue weighted by Crippen LogP contribution is -2.13. The number of rotatable bonds is 4. The molecular weight excluding hydrogens is 394 g/mol. The molecule has 1 aliphatic carbocycles. The van der Waals surface area contributed by atoms with Gasteiger partial charge in [-0.15, -0.1) is 11.3 Å². The number of aromatic amines is 1. The van der Waals surface area contributed by atoms with Gasteiger partial charge >= 0.3 is 5.69 Å². The van der Waals surface area contributed by atoms with Crippen LogP contribution in [-0.4, -0.2) is 27.1 Å². The Hall–Kier alpha value is -3.20. The normalized spacial score (nSPS) is 16.3. The number of nitrogens with zero attached hydrogens (tertiary/aromatic N) is 2. The highest BCUT2D eigenvalue weighted by Crippen LogP contribution is 2.38. The zero-order valence-electron chi connectivity index (χ0n) is 15.9. The van der Waals surface area contributed by atoms with Gasteiger partial charge < -0.3 is 14.8 Å². The van der Waals surface area contributed by atoms with Crippen LogP contribution in [0.2, 0.25) is 0 Å². The highest BCUT2D eigenvalue weighted by molar-refractivity contribution is 7.18. The van der Waals surface area contributed by atoms with Crippen molar-refractivity contribution in [2.24, 2.45) is 5.92 Å². The molecule has 4 rings (SSSR count). The molecule has 0 amide bonds. The molecule has 1 atom stereocenters. The lowest BCUT2D eigenvalue weighted by Gasteiger charge is -2.17. The summed E-state index contributed by atoms with van der Waals surface area (Å²) in [5.74, 6) is 0.440. The van der Waals surface area contributed by atoms with Crippen molar-refractivity contribution < 1.29 is 14.8 Å². The van der Waals surface area contributed by atoms with E-state index in [1.807, 2.05) is 0 Å². The minimum Gasteiger partial charge on any atom is -0.500 e. The number of nitrogens with one attached hydrogen (secondary N) is 1. The van der Waals surface area contributed by atoms with Gasteiger partial charge in [0.2, 0.25) is 5.75 Å². The van der Waals surface area contributed by atoms with E-state index in [1.54, 1.807) is 23.5 Å². The Labute approximate surface area is 169 Å². The molecule has 3 aromatic rings. The Morgan fingerprint density at radius 3 is 2.93 bits per heavy atom. The largest absolute Gasteiger partial charge is 0.500 e. The minimum atomic E-state index is -0.682. The maximum absolute atomic E-state index is 12.6. The van der Waals surface area contributed by atoms with E-state index in [2.05, 4.69) is 16.9 Å². The predicted molar refractivity (Wildman–Crippen MR) is 112 cm³/mol. The first-order chi connectivity index (χ1) is 13.9. The monoisotopic (exact) mass is 413 g/mol. The van der Waals surface area contributed by atoms with E-state index >= 15 is 0 Å². The molecule has 0 saturated heterocycles. The van der Waals surface area contributed by atoms with E-state index in [-0.39, 0.29) is 11.3 Å². The highest BCUT2D eigenvalue weighted by atomic mass is 32.1. The van der Waals surface area contributed by atoms with Gasteiger partial charge in [0.15, 0.2) is 5.75 Å². The van der Waals surface area contributed by atoms with Crippen molar-refractivity contribution in [2.45, 2.75) is 26.2 Å². The average molecular weight is 413 g/mol. The zero-order chi connectivity index (χ0) is 20.7. The molecule has 2 heterocycles. The second-order valence-electron chi connectivity index (χ2n) is 7.16. The number of aryl methyl sites for hydroxylation is 1. The summed E-state index contributed by atoms with van der Waals surface area (Å²) in [5, 5.41) is 21.7. The SMILES string of the molecule is COc1cc(/C=C/c2nc3sc4c(c3c(=O)[nH]2)CC[C@H](C)C4)cc([N+](=O)[O-])c1O.